The van der Waals surface area contributed by atoms with Crippen LogP contribution in [0.1, 0.15) is 25.3 Å². The quantitative estimate of drug-likeness (QED) is 0.911. The van der Waals surface area contributed by atoms with E-state index in [4.69, 9.17) is 0 Å². The van der Waals surface area contributed by atoms with Gasteiger partial charge in [-0.05, 0) is 36.1 Å². The topological polar surface area (TPSA) is 35.6 Å². The standard InChI is InChI=1S/C21H27N3O/c1-16(21(25)22-19-9-10-19)24-13-11-23(12-14-24)15-18-7-4-6-17-5-2-3-8-20(17)18/h2-8,16,19H,9-15H2,1H3,(H,22,25)/t16-/m1/s1. The van der Waals surface area contributed by atoms with Crippen molar-refractivity contribution in [1.29, 1.82) is 0 Å². The molecule has 4 nitrogen and oxygen atoms in total. The Morgan fingerprint density at radius 2 is 1.80 bits per heavy atom. The average Bonchev–Trinajstić information content (AvgIpc) is 3.46. The van der Waals surface area contributed by atoms with Crippen molar-refractivity contribution in [3.63, 3.8) is 0 Å². The predicted molar refractivity (Wildman–Crippen MR) is 101 cm³/mol. The van der Waals surface area contributed by atoms with E-state index in [1.807, 2.05) is 6.92 Å². The van der Waals surface area contributed by atoms with Crippen LogP contribution in [0.15, 0.2) is 42.5 Å². The van der Waals surface area contributed by atoms with E-state index >= 15 is 0 Å². The number of nitrogens with zero attached hydrogens (tertiary/aromatic N) is 2. The van der Waals surface area contributed by atoms with Crippen LogP contribution in [0.2, 0.25) is 0 Å². The number of amides is 1. The predicted octanol–water partition coefficient (Wildman–Crippen LogP) is 2.62. The van der Waals surface area contributed by atoms with Crippen molar-refractivity contribution in [2.24, 2.45) is 0 Å². The van der Waals surface area contributed by atoms with Crippen molar-refractivity contribution < 1.29 is 4.79 Å². The van der Waals surface area contributed by atoms with E-state index in [1.165, 1.54) is 16.3 Å². The van der Waals surface area contributed by atoms with Crippen LogP contribution in [0.3, 0.4) is 0 Å². The monoisotopic (exact) mass is 337 g/mol. The first-order valence-electron chi connectivity index (χ1n) is 9.44. The number of carbonyl (C=O) groups excluding carboxylic acids is 1. The van der Waals surface area contributed by atoms with Crippen LogP contribution in [-0.2, 0) is 11.3 Å². The highest BCUT2D eigenvalue weighted by Crippen LogP contribution is 2.21. The van der Waals surface area contributed by atoms with Gasteiger partial charge in [0.25, 0.3) is 0 Å². The number of carbonyl (C=O) groups is 1. The van der Waals surface area contributed by atoms with Gasteiger partial charge in [0.2, 0.25) is 5.91 Å². The Morgan fingerprint density at radius 3 is 2.56 bits per heavy atom. The number of rotatable bonds is 5. The van der Waals surface area contributed by atoms with Gasteiger partial charge in [0, 0.05) is 38.8 Å². The van der Waals surface area contributed by atoms with E-state index in [-0.39, 0.29) is 11.9 Å². The lowest BCUT2D eigenvalue weighted by molar-refractivity contribution is -0.126. The van der Waals surface area contributed by atoms with E-state index in [0.29, 0.717) is 6.04 Å². The summed E-state index contributed by atoms with van der Waals surface area (Å²) in [6.45, 7) is 6.98. The third-order valence-corrected chi connectivity index (χ3v) is 5.53. The highest BCUT2D eigenvalue weighted by atomic mass is 16.2. The minimum absolute atomic E-state index is 0.0136. The van der Waals surface area contributed by atoms with Gasteiger partial charge < -0.3 is 5.32 Å². The van der Waals surface area contributed by atoms with Gasteiger partial charge >= 0.3 is 0 Å². The summed E-state index contributed by atoms with van der Waals surface area (Å²) in [6.07, 6.45) is 2.30. The summed E-state index contributed by atoms with van der Waals surface area (Å²) in [4.78, 5) is 17.1. The highest BCUT2D eigenvalue weighted by Gasteiger charge is 2.29. The zero-order valence-electron chi connectivity index (χ0n) is 14.9. The summed E-state index contributed by atoms with van der Waals surface area (Å²) in [5.41, 5.74) is 1.39. The van der Waals surface area contributed by atoms with Crippen molar-refractivity contribution in [1.82, 2.24) is 15.1 Å². The van der Waals surface area contributed by atoms with Crippen LogP contribution < -0.4 is 5.32 Å². The first kappa shape index (κ1) is 16.6. The average molecular weight is 337 g/mol. The summed E-state index contributed by atoms with van der Waals surface area (Å²) in [7, 11) is 0. The molecule has 1 aliphatic heterocycles. The molecule has 132 valence electrons. The van der Waals surface area contributed by atoms with E-state index < -0.39 is 0 Å². The zero-order valence-corrected chi connectivity index (χ0v) is 14.9. The molecule has 1 atom stereocenters. The molecular formula is C21H27N3O. The summed E-state index contributed by atoms with van der Waals surface area (Å²) in [5, 5.41) is 5.79. The number of fused-ring (bicyclic) bond motifs is 1. The van der Waals surface area contributed by atoms with E-state index in [9.17, 15) is 4.79 Å². The maximum atomic E-state index is 12.2. The molecule has 1 heterocycles. The number of benzene rings is 2. The van der Waals surface area contributed by atoms with Crippen LogP contribution in [0.4, 0.5) is 0 Å². The molecule has 25 heavy (non-hydrogen) atoms. The van der Waals surface area contributed by atoms with Gasteiger partial charge in [0.15, 0.2) is 0 Å². The molecule has 1 aliphatic carbocycles. The van der Waals surface area contributed by atoms with Crippen molar-refractivity contribution in [3.05, 3.63) is 48.0 Å². The Hall–Kier alpha value is -1.91. The molecule has 2 fully saturated rings. The molecule has 1 N–H and O–H groups in total. The van der Waals surface area contributed by atoms with Gasteiger partial charge in [-0.3, -0.25) is 14.6 Å². The van der Waals surface area contributed by atoms with Gasteiger partial charge in [0.1, 0.15) is 0 Å². The van der Waals surface area contributed by atoms with Gasteiger partial charge in [-0.2, -0.15) is 0 Å². The maximum Gasteiger partial charge on any atom is 0.237 e. The molecular weight excluding hydrogens is 310 g/mol. The van der Waals surface area contributed by atoms with Gasteiger partial charge in [-0.25, -0.2) is 0 Å². The van der Waals surface area contributed by atoms with Crippen LogP contribution in [-0.4, -0.2) is 54.0 Å². The SMILES string of the molecule is C[C@H](C(=O)NC1CC1)N1CCN(Cc2cccc3ccccc23)CC1. The maximum absolute atomic E-state index is 12.2. The molecule has 1 amide bonds. The lowest BCUT2D eigenvalue weighted by Crippen LogP contribution is -2.53. The van der Waals surface area contributed by atoms with E-state index in [2.05, 4.69) is 57.6 Å². The third kappa shape index (κ3) is 3.86. The van der Waals surface area contributed by atoms with Gasteiger partial charge in [0.05, 0.1) is 6.04 Å². The van der Waals surface area contributed by atoms with Gasteiger partial charge in [-0.1, -0.05) is 42.5 Å². The van der Waals surface area contributed by atoms with Crippen molar-refractivity contribution in [3.8, 4) is 0 Å². The highest BCUT2D eigenvalue weighted by molar-refractivity contribution is 5.85. The Bertz CT molecular complexity index is 742. The molecule has 2 aliphatic rings. The minimum atomic E-state index is -0.0136. The van der Waals surface area contributed by atoms with Crippen LogP contribution in [0.5, 0.6) is 0 Å². The fourth-order valence-electron chi connectivity index (χ4n) is 3.70. The summed E-state index contributed by atoms with van der Waals surface area (Å²) in [5.74, 6) is 0.199. The number of nitrogens with one attached hydrogen (secondary N) is 1. The fourth-order valence-corrected chi connectivity index (χ4v) is 3.70. The Kier molecular flexibility index (Phi) is 4.73. The normalized spacial score (nSPS) is 20.5. The first-order chi connectivity index (χ1) is 12.2. The first-order valence-corrected chi connectivity index (χ1v) is 9.44. The second kappa shape index (κ2) is 7.14. The number of piperazine rings is 1. The van der Waals surface area contributed by atoms with E-state index in [0.717, 1.165) is 45.6 Å². The summed E-state index contributed by atoms with van der Waals surface area (Å²) in [6, 6.07) is 15.6. The molecule has 2 aromatic rings. The Balaban J connectivity index is 1.34. The summed E-state index contributed by atoms with van der Waals surface area (Å²) >= 11 is 0. The molecule has 4 heteroatoms. The van der Waals surface area contributed by atoms with Crippen LogP contribution in [0.25, 0.3) is 10.8 Å². The van der Waals surface area contributed by atoms with Crippen LogP contribution >= 0.6 is 0 Å². The largest absolute Gasteiger partial charge is 0.352 e. The Morgan fingerprint density at radius 1 is 1.08 bits per heavy atom. The van der Waals surface area contributed by atoms with E-state index in [1.54, 1.807) is 0 Å². The molecule has 0 radical (unpaired) electrons. The Labute approximate surface area is 149 Å². The molecule has 1 saturated heterocycles. The van der Waals surface area contributed by atoms with Crippen molar-refractivity contribution >= 4 is 16.7 Å². The minimum Gasteiger partial charge on any atom is -0.352 e. The molecule has 0 unspecified atom stereocenters. The zero-order chi connectivity index (χ0) is 17.2. The number of hydrogen-bond donors (Lipinski definition) is 1. The molecule has 0 spiro atoms. The van der Waals surface area contributed by atoms with Gasteiger partial charge in [-0.15, -0.1) is 0 Å². The second-order valence-corrected chi connectivity index (χ2v) is 7.41. The summed E-state index contributed by atoms with van der Waals surface area (Å²) < 4.78 is 0. The lowest BCUT2D eigenvalue weighted by Gasteiger charge is -2.37. The third-order valence-electron chi connectivity index (χ3n) is 5.53. The second-order valence-electron chi connectivity index (χ2n) is 7.41. The van der Waals surface area contributed by atoms with Crippen LogP contribution in [0, 0.1) is 0 Å². The lowest BCUT2D eigenvalue weighted by atomic mass is 10.0. The molecule has 0 bridgehead atoms. The smallest absolute Gasteiger partial charge is 0.237 e. The molecule has 4 rings (SSSR count). The van der Waals surface area contributed by atoms with Crippen molar-refractivity contribution in [2.45, 2.75) is 38.4 Å². The fraction of sp³-hybridized carbons (Fsp3) is 0.476. The molecule has 1 saturated carbocycles. The number of hydrogen-bond acceptors (Lipinski definition) is 3. The molecule has 0 aromatic heterocycles. The molecule has 2 aromatic carbocycles. The van der Waals surface area contributed by atoms with Crippen molar-refractivity contribution in [2.75, 3.05) is 26.2 Å².